The summed E-state index contributed by atoms with van der Waals surface area (Å²) in [5, 5.41) is 10.3. The van der Waals surface area contributed by atoms with Crippen LogP contribution in [-0.2, 0) is 16.7 Å². The fraction of sp³-hybridized carbons (Fsp3) is 0.357. The Morgan fingerprint density at radius 1 is 1.08 bits per heavy atom. The number of nitrogens with zero attached hydrogens (tertiary/aromatic N) is 5. The van der Waals surface area contributed by atoms with E-state index in [-0.39, 0.29) is 11.4 Å². The van der Waals surface area contributed by atoms with Crippen LogP contribution in [0.4, 0.5) is 22.1 Å². The van der Waals surface area contributed by atoms with Crippen molar-refractivity contribution in [2.45, 2.75) is 39.7 Å². The quantitative estimate of drug-likeness (QED) is 0.359. The van der Waals surface area contributed by atoms with Gasteiger partial charge in [0.05, 0.1) is 18.9 Å². The van der Waals surface area contributed by atoms with E-state index in [9.17, 15) is 4.79 Å². The molecule has 1 aliphatic heterocycles. The Morgan fingerprint density at radius 3 is 2.61 bits per heavy atom. The highest BCUT2D eigenvalue weighted by molar-refractivity contribution is 6.00. The van der Waals surface area contributed by atoms with E-state index < -0.39 is 0 Å². The number of nitrogens with two attached hydrogens (primary N) is 1. The molecule has 0 radical (unpaired) electrons. The van der Waals surface area contributed by atoms with Crippen molar-refractivity contribution >= 4 is 28.9 Å². The Balaban J connectivity index is 1.37. The number of amides is 2. The molecule has 1 aliphatic rings. The number of hydrogen-bond donors (Lipinski definition) is 3. The van der Waals surface area contributed by atoms with Crippen molar-refractivity contribution < 1.29 is 9.53 Å². The number of morpholine rings is 1. The number of urea groups is 1. The van der Waals surface area contributed by atoms with Crippen LogP contribution in [0.5, 0.6) is 0 Å². The third-order valence-electron chi connectivity index (χ3n) is 6.80. The Kier molecular flexibility index (Phi) is 7.00. The van der Waals surface area contributed by atoms with E-state index in [4.69, 9.17) is 10.5 Å². The van der Waals surface area contributed by atoms with Crippen LogP contribution < -0.4 is 16.4 Å². The fourth-order valence-corrected chi connectivity index (χ4v) is 4.66. The third kappa shape index (κ3) is 5.46. The number of nitrogen functional groups attached to an aromatic ring is 1. The minimum Gasteiger partial charge on any atom is -0.382 e. The second-order valence-electron chi connectivity index (χ2n) is 10.6. The lowest BCUT2D eigenvalue weighted by molar-refractivity contribution is 0.0334. The van der Waals surface area contributed by atoms with E-state index in [1.807, 2.05) is 41.8 Å². The molecule has 0 aliphatic carbocycles. The van der Waals surface area contributed by atoms with Gasteiger partial charge < -0.3 is 15.8 Å². The Morgan fingerprint density at radius 2 is 1.87 bits per heavy atom. The largest absolute Gasteiger partial charge is 0.382 e. The molecule has 3 aromatic heterocycles. The highest BCUT2D eigenvalue weighted by atomic mass is 16.5. The number of fused-ring (bicyclic) bond motifs is 1. The molecule has 198 valence electrons. The maximum Gasteiger partial charge on any atom is 0.324 e. The van der Waals surface area contributed by atoms with Gasteiger partial charge in [-0.05, 0) is 59.4 Å². The van der Waals surface area contributed by atoms with Gasteiger partial charge in [-0.1, -0.05) is 26.8 Å². The first-order valence-corrected chi connectivity index (χ1v) is 12.8. The summed E-state index contributed by atoms with van der Waals surface area (Å²) in [5.74, 6) is 0.931. The second-order valence-corrected chi connectivity index (χ2v) is 10.6. The maximum atomic E-state index is 12.7. The van der Waals surface area contributed by atoms with E-state index in [2.05, 4.69) is 57.4 Å². The number of anilines is 3. The van der Waals surface area contributed by atoms with Gasteiger partial charge >= 0.3 is 6.03 Å². The van der Waals surface area contributed by atoms with Gasteiger partial charge in [-0.25, -0.2) is 19.3 Å². The predicted octanol–water partition coefficient (Wildman–Crippen LogP) is 4.46. The van der Waals surface area contributed by atoms with Crippen LogP contribution in [0.25, 0.3) is 16.6 Å². The SMILES string of the molecule is Cc1cc(-c2cc(CN3CCOCC3)n3ncnc(N)c23)ccc1NC(=O)Nc1cc(C(C)(C)C)ccn1. The van der Waals surface area contributed by atoms with Gasteiger partial charge in [-0.15, -0.1) is 0 Å². The summed E-state index contributed by atoms with van der Waals surface area (Å²) < 4.78 is 7.37. The standard InChI is InChI=1S/C28H34N8O2/c1-18-13-19(5-6-23(18)33-27(37)34-24-14-20(7-8-30-24)28(2,3)4)22-15-21(16-35-9-11-38-12-10-35)36-25(22)26(29)31-17-32-36/h5-8,13-15,17H,9-12,16H2,1-4H3,(H2,29,31,32)(H2,30,33,34,37). The van der Waals surface area contributed by atoms with Crippen LogP contribution >= 0.6 is 0 Å². The average Bonchev–Trinajstić information content (AvgIpc) is 3.25. The Hall–Kier alpha value is -4.02. The number of carbonyl (C=O) groups is 1. The molecule has 2 amide bonds. The van der Waals surface area contributed by atoms with Crippen LogP contribution in [-0.4, -0.2) is 56.8 Å². The summed E-state index contributed by atoms with van der Waals surface area (Å²) in [6, 6.07) is 11.5. The second kappa shape index (κ2) is 10.4. The van der Waals surface area contributed by atoms with Gasteiger partial charge in [0.1, 0.15) is 17.7 Å². The lowest BCUT2D eigenvalue weighted by Crippen LogP contribution is -2.36. The summed E-state index contributed by atoms with van der Waals surface area (Å²) in [4.78, 5) is 23.6. The van der Waals surface area contributed by atoms with Crippen molar-refractivity contribution in [3.8, 4) is 11.1 Å². The molecule has 0 saturated carbocycles. The van der Waals surface area contributed by atoms with E-state index in [0.29, 0.717) is 17.3 Å². The molecular weight excluding hydrogens is 480 g/mol. The summed E-state index contributed by atoms with van der Waals surface area (Å²) in [6.07, 6.45) is 3.19. The lowest BCUT2D eigenvalue weighted by atomic mass is 9.88. The molecule has 38 heavy (non-hydrogen) atoms. The summed E-state index contributed by atoms with van der Waals surface area (Å²) in [6.45, 7) is 12.3. The van der Waals surface area contributed by atoms with Crippen LogP contribution in [0.2, 0.25) is 0 Å². The summed E-state index contributed by atoms with van der Waals surface area (Å²) >= 11 is 0. The van der Waals surface area contributed by atoms with Crippen LogP contribution in [0, 0.1) is 6.92 Å². The van der Waals surface area contributed by atoms with E-state index >= 15 is 0 Å². The summed E-state index contributed by atoms with van der Waals surface area (Å²) in [7, 11) is 0. The molecule has 0 atom stereocenters. The van der Waals surface area contributed by atoms with Gasteiger partial charge in [-0.2, -0.15) is 5.10 Å². The van der Waals surface area contributed by atoms with E-state index in [0.717, 1.165) is 66.3 Å². The molecule has 0 spiro atoms. The number of ether oxygens (including phenoxy) is 1. The summed E-state index contributed by atoms with van der Waals surface area (Å²) in [5.41, 5.74) is 12.7. The van der Waals surface area contributed by atoms with Gasteiger partial charge in [0.15, 0.2) is 5.82 Å². The smallest absolute Gasteiger partial charge is 0.324 e. The minimum atomic E-state index is -0.348. The Labute approximate surface area is 222 Å². The first-order valence-electron chi connectivity index (χ1n) is 12.8. The molecule has 4 N–H and O–H groups in total. The van der Waals surface area contributed by atoms with Gasteiger partial charge in [0.25, 0.3) is 0 Å². The maximum absolute atomic E-state index is 12.7. The zero-order valence-corrected chi connectivity index (χ0v) is 22.3. The van der Waals surface area contributed by atoms with E-state index in [1.165, 1.54) is 6.33 Å². The Bertz CT molecular complexity index is 1470. The van der Waals surface area contributed by atoms with Crippen molar-refractivity contribution in [2.24, 2.45) is 0 Å². The van der Waals surface area contributed by atoms with Gasteiger partial charge in [0.2, 0.25) is 0 Å². The molecular formula is C28H34N8O2. The molecule has 4 aromatic rings. The van der Waals surface area contributed by atoms with Gasteiger partial charge in [0, 0.05) is 37.1 Å². The average molecular weight is 515 g/mol. The highest BCUT2D eigenvalue weighted by Gasteiger charge is 2.20. The zero-order valence-electron chi connectivity index (χ0n) is 22.3. The van der Waals surface area contributed by atoms with E-state index in [1.54, 1.807) is 6.20 Å². The fourth-order valence-electron chi connectivity index (χ4n) is 4.66. The number of nitrogens with one attached hydrogen (secondary N) is 2. The first-order chi connectivity index (χ1) is 18.2. The topological polar surface area (TPSA) is 123 Å². The zero-order chi connectivity index (χ0) is 26.9. The van der Waals surface area contributed by atoms with Gasteiger partial charge in [-0.3, -0.25) is 10.2 Å². The molecule has 1 fully saturated rings. The number of benzene rings is 1. The first kappa shape index (κ1) is 25.6. The molecule has 10 nitrogen and oxygen atoms in total. The number of aryl methyl sites for hydroxylation is 1. The van der Waals surface area contributed by atoms with Crippen molar-refractivity contribution in [1.29, 1.82) is 0 Å². The van der Waals surface area contributed by atoms with Crippen molar-refractivity contribution in [3.05, 3.63) is 65.7 Å². The number of rotatable bonds is 5. The molecule has 0 unspecified atom stereocenters. The molecule has 10 heteroatoms. The monoisotopic (exact) mass is 514 g/mol. The number of pyridine rings is 1. The van der Waals surface area contributed by atoms with Crippen molar-refractivity contribution in [3.63, 3.8) is 0 Å². The van der Waals surface area contributed by atoms with Crippen molar-refractivity contribution in [2.75, 3.05) is 42.7 Å². The number of carbonyl (C=O) groups excluding carboxylic acids is 1. The van der Waals surface area contributed by atoms with Crippen LogP contribution in [0.15, 0.2) is 48.9 Å². The predicted molar refractivity (Wildman–Crippen MR) is 149 cm³/mol. The number of aromatic nitrogens is 4. The van der Waals surface area contributed by atoms with Crippen LogP contribution in [0.3, 0.4) is 0 Å². The lowest BCUT2D eigenvalue weighted by Gasteiger charge is -2.26. The number of hydrogen-bond acceptors (Lipinski definition) is 7. The minimum absolute atomic E-state index is 0.0397. The molecule has 1 aromatic carbocycles. The normalized spacial score (nSPS) is 14.5. The molecule has 0 bridgehead atoms. The third-order valence-corrected chi connectivity index (χ3v) is 6.80. The molecule has 1 saturated heterocycles. The molecule has 4 heterocycles. The van der Waals surface area contributed by atoms with Crippen LogP contribution in [0.1, 0.15) is 37.6 Å². The molecule has 5 rings (SSSR count). The highest BCUT2D eigenvalue weighted by Crippen LogP contribution is 2.33. The van der Waals surface area contributed by atoms with Crippen molar-refractivity contribution in [1.82, 2.24) is 24.5 Å².